The van der Waals surface area contributed by atoms with Gasteiger partial charge in [0, 0.05) is 23.9 Å². The number of halogens is 1. The van der Waals surface area contributed by atoms with Gasteiger partial charge in [-0.15, -0.1) is 21.5 Å². The molecule has 1 amide bonds. The molecule has 0 unspecified atom stereocenters. The van der Waals surface area contributed by atoms with E-state index in [-0.39, 0.29) is 17.5 Å². The number of anilines is 1. The smallest absolute Gasteiger partial charge is 0.236 e. The average molecular weight is 420 g/mol. The minimum Gasteiger partial charge on any atom is -0.309 e. The maximum atomic E-state index is 13.1. The van der Waals surface area contributed by atoms with Crippen molar-refractivity contribution in [2.75, 3.05) is 11.1 Å². The summed E-state index contributed by atoms with van der Waals surface area (Å²) in [5, 5.41) is 12.4. The highest BCUT2D eigenvalue weighted by Crippen LogP contribution is 2.30. The number of unbranched alkanes of at least 4 members (excludes halogenated alkanes) is 1. The number of nitrogens with one attached hydrogen (secondary N) is 1. The predicted octanol–water partition coefficient (Wildman–Crippen LogP) is 4.46. The van der Waals surface area contributed by atoms with E-state index < -0.39 is 0 Å². The maximum absolute atomic E-state index is 13.1. The van der Waals surface area contributed by atoms with Crippen molar-refractivity contribution in [2.45, 2.75) is 38.3 Å². The molecule has 0 atom stereocenters. The fourth-order valence-electron chi connectivity index (χ4n) is 2.63. The van der Waals surface area contributed by atoms with Crippen LogP contribution in [0, 0.1) is 12.7 Å². The van der Waals surface area contributed by atoms with Crippen LogP contribution in [0.1, 0.15) is 30.5 Å². The number of amides is 1. The molecule has 0 aliphatic rings. The van der Waals surface area contributed by atoms with Crippen LogP contribution in [0.5, 0.6) is 0 Å². The van der Waals surface area contributed by atoms with Gasteiger partial charge in [0.2, 0.25) is 5.91 Å². The van der Waals surface area contributed by atoms with E-state index in [1.165, 1.54) is 35.2 Å². The Kier molecular flexibility index (Phi) is 6.79. The molecular formula is C19H22FN5OS2. The average Bonchev–Trinajstić information content (AvgIpc) is 3.21. The first-order valence-electron chi connectivity index (χ1n) is 9.02. The second-order valence-electron chi connectivity index (χ2n) is 6.33. The van der Waals surface area contributed by atoms with Crippen LogP contribution in [0.15, 0.2) is 29.4 Å². The molecule has 148 valence electrons. The Labute approximate surface area is 171 Å². The topological polar surface area (TPSA) is 72.7 Å². The molecular weight excluding hydrogens is 397 g/mol. The molecule has 28 heavy (non-hydrogen) atoms. The number of thioether (sulfide) groups is 1. The third-order valence-corrected chi connectivity index (χ3v) is 6.08. The zero-order chi connectivity index (χ0) is 20.1. The van der Waals surface area contributed by atoms with Crippen LogP contribution in [-0.2, 0) is 18.3 Å². The summed E-state index contributed by atoms with van der Waals surface area (Å²) < 4.78 is 15.0. The quantitative estimate of drug-likeness (QED) is 0.546. The number of carbonyl (C=O) groups is 1. The first-order valence-corrected chi connectivity index (χ1v) is 10.8. The summed E-state index contributed by atoms with van der Waals surface area (Å²) in [4.78, 5) is 17.7. The molecule has 1 aromatic carbocycles. The van der Waals surface area contributed by atoms with Crippen LogP contribution < -0.4 is 5.32 Å². The molecule has 2 aromatic heterocycles. The van der Waals surface area contributed by atoms with Gasteiger partial charge in [-0.1, -0.05) is 25.1 Å². The number of carbonyl (C=O) groups excluding carboxylic acids is 1. The lowest BCUT2D eigenvalue weighted by molar-refractivity contribution is -0.113. The Hall–Kier alpha value is -2.26. The molecule has 0 bridgehead atoms. The Balaban J connectivity index is 1.59. The largest absolute Gasteiger partial charge is 0.309 e. The predicted molar refractivity (Wildman–Crippen MR) is 111 cm³/mol. The number of hydrogen-bond donors (Lipinski definition) is 1. The van der Waals surface area contributed by atoms with E-state index in [0.29, 0.717) is 5.13 Å². The molecule has 0 radical (unpaired) electrons. The Morgan fingerprint density at radius 3 is 2.75 bits per heavy atom. The third-order valence-electron chi connectivity index (χ3n) is 4.17. The van der Waals surface area contributed by atoms with Crippen LogP contribution >= 0.6 is 23.1 Å². The van der Waals surface area contributed by atoms with Gasteiger partial charge in [-0.2, -0.15) is 0 Å². The molecule has 2 heterocycles. The highest BCUT2D eigenvalue weighted by Gasteiger charge is 2.14. The number of benzene rings is 1. The van der Waals surface area contributed by atoms with Gasteiger partial charge < -0.3 is 9.88 Å². The Morgan fingerprint density at radius 1 is 1.29 bits per heavy atom. The lowest BCUT2D eigenvalue weighted by Gasteiger charge is -2.03. The van der Waals surface area contributed by atoms with Crippen molar-refractivity contribution in [3.63, 3.8) is 0 Å². The van der Waals surface area contributed by atoms with Crippen molar-refractivity contribution in [3.8, 4) is 11.3 Å². The van der Waals surface area contributed by atoms with E-state index >= 15 is 0 Å². The molecule has 0 spiro atoms. The van der Waals surface area contributed by atoms with Crippen molar-refractivity contribution < 1.29 is 9.18 Å². The van der Waals surface area contributed by atoms with Gasteiger partial charge in [-0.05, 0) is 37.6 Å². The Morgan fingerprint density at radius 2 is 2.04 bits per heavy atom. The lowest BCUT2D eigenvalue weighted by atomic mass is 10.1. The second kappa shape index (κ2) is 9.29. The van der Waals surface area contributed by atoms with Gasteiger partial charge >= 0.3 is 0 Å². The van der Waals surface area contributed by atoms with E-state index in [2.05, 4.69) is 27.4 Å². The third kappa shape index (κ3) is 4.96. The number of nitrogens with zero attached hydrogens (tertiary/aromatic N) is 4. The molecule has 0 aliphatic carbocycles. The first kappa shape index (κ1) is 20.5. The zero-order valence-corrected chi connectivity index (χ0v) is 17.7. The standard InChI is InChI=1S/C19H22FN5OS2/c1-4-5-6-15-23-24-19(25(15)3)27-11-16(26)21-18-22-17(12(2)28-18)13-7-9-14(20)10-8-13/h7-10H,4-6,11H2,1-3H3,(H,21,22,26). The maximum Gasteiger partial charge on any atom is 0.236 e. The molecule has 3 rings (SSSR count). The summed E-state index contributed by atoms with van der Waals surface area (Å²) in [5.41, 5.74) is 1.57. The summed E-state index contributed by atoms with van der Waals surface area (Å²) in [6.07, 6.45) is 3.05. The number of hydrogen-bond acceptors (Lipinski definition) is 6. The number of aryl methyl sites for hydroxylation is 2. The molecule has 3 aromatic rings. The monoisotopic (exact) mass is 419 g/mol. The number of aromatic nitrogens is 4. The minimum absolute atomic E-state index is 0.150. The molecule has 6 nitrogen and oxygen atoms in total. The summed E-state index contributed by atoms with van der Waals surface area (Å²) in [7, 11) is 1.92. The molecule has 0 aliphatic heterocycles. The molecule has 1 N–H and O–H groups in total. The number of rotatable bonds is 8. The zero-order valence-electron chi connectivity index (χ0n) is 16.0. The van der Waals surface area contributed by atoms with Gasteiger partial charge in [0.05, 0.1) is 11.4 Å². The van der Waals surface area contributed by atoms with Crippen molar-refractivity contribution >= 4 is 34.1 Å². The lowest BCUT2D eigenvalue weighted by Crippen LogP contribution is -2.14. The molecule has 0 saturated heterocycles. The van der Waals surface area contributed by atoms with Gasteiger partial charge in [-0.3, -0.25) is 4.79 Å². The summed E-state index contributed by atoms with van der Waals surface area (Å²) in [6, 6.07) is 6.17. The van der Waals surface area contributed by atoms with Gasteiger partial charge in [-0.25, -0.2) is 9.37 Å². The fourth-order valence-corrected chi connectivity index (χ4v) is 4.22. The van der Waals surface area contributed by atoms with Crippen molar-refractivity contribution in [1.82, 2.24) is 19.7 Å². The molecule has 0 fully saturated rings. The van der Waals surface area contributed by atoms with Gasteiger partial charge in [0.25, 0.3) is 0 Å². The van der Waals surface area contributed by atoms with Crippen LogP contribution in [0.2, 0.25) is 0 Å². The van der Waals surface area contributed by atoms with Crippen LogP contribution in [0.4, 0.5) is 9.52 Å². The van der Waals surface area contributed by atoms with E-state index in [1.807, 2.05) is 18.5 Å². The SMILES string of the molecule is CCCCc1nnc(SCC(=O)Nc2nc(-c3ccc(F)cc3)c(C)s2)n1C. The van der Waals surface area contributed by atoms with Crippen LogP contribution in [0.3, 0.4) is 0 Å². The van der Waals surface area contributed by atoms with Gasteiger partial charge in [0.1, 0.15) is 11.6 Å². The summed E-state index contributed by atoms with van der Waals surface area (Å²) >= 11 is 2.75. The van der Waals surface area contributed by atoms with Crippen molar-refractivity contribution in [3.05, 3.63) is 40.8 Å². The van der Waals surface area contributed by atoms with E-state index in [0.717, 1.165) is 46.4 Å². The van der Waals surface area contributed by atoms with Crippen molar-refractivity contribution in [2.24, 2.45) is 7.05 Å². The highest BCUT2D eigenvalue weighted by molar-refractivity contribution is 7.99. The van der Waals surface area contributed by atoms with Crippen molar-refractivity contribution in [1.29, 1.82) is 0 Å². The fraction of sp³-hybridized carbons (Fsp3) is 0.368. The Bertz CT molecular complexity index is 952. The van der Waals surface area contributed by atoms with E-state index in [1.54, 1.807) is 12.1 Å². The number of thiazole rings is 1. The van der Waals surface area contributed by atoms with Crippen LogP contribution in [-0.4, -0.2) is 31.4 Å². The highest BCUT2D eigenvalue weighted by atomic mass is 32.2. The second-order valence-corrected chi connectivity index (χ2v) is 8.47. The first-order chi connectivity index (χ1) is 13.5. The molecule has 0 saturated carbocycles. The van der Waals surface area contributed by atoms with E-state index in [4.69, 9.17) is 0 Å². The molecule has 9 heteroatoms. The normalized spacial score (nSPS) is 11.0. The minimum atomic E-state index is -0.288. The summed E-state index contributed by atoms with van der Waals surface area (Å²) in [6.45, 7) is 4.07. The van der Waals surface area contributed by atoms with Gasteiger partial charge in [0.15, 0.2) is 10.3 Å². The van der Waals surface area contributed by atoms with Crippen LogP contribution in [0.25, 0.3) is 11.3 Å². The summed E-state index contributed by atoms with van der Waals surface area (Å²) in [5.74, 6) is 0.722. The van der Waals surface area contributed by atoms with E-state index in [9.17, 15) is 9.18 Å².